The molecule has 0 N–H and O–H groups in total. The number of benzene rings is 1. The van der Waals surface area contributed by atoms with Crippen LogP contribution in [0, 0.1) is 0 Å². The summed E-state index contributed by atoms with van der Waals surface area (Å²) >= 11 is 0. The summed E-state index contributed by atoms with van der Waals surface area (Å²) in [6.07, 6.45) is 9.65. The first-order chi connectivity index (χ1) is 11.4. The fourth-order valence-electron chi connectivity index (χ4n) is 2.62. The van der Waals surface area contributed by atoms with Gasteiger partial charge in [-0.05, 0) is 42.0 Å². The molecule has 3 aromatic heterocycles. The van der Waals surface area contributed by atoms with Gasteiger partial charge in [0.15, 0.2) is 0 Å². The highest BCUT2D eigenvalue weighted by molar-refractivity contribution is 5.66. The maximum atomic E-state index is 4.40. The second-order valence-electron chi connectivity index (χ2n) is 5.31. The fourth-order valence-corrected chi connectivity index (χ4v) is 2.62. The summed E-state index contributed by atoms with van der Waals surface area (Å²) in [5.74, 6) is 0. The van der Waals surface area contributed by atoms with Crippen LogP contribution in [-0.2, 0) is 0 Å². The van der Waals surface area contributed by atoms with Gasteiger partial charge >= 0.3 is 0 Å². The quantitative estimate of drug-likeness (QED) is 0.553. The third-order valence-electron chi connectivity index (χ3n) is 3.79. The van der Waals surface area contributed by atoms with Crippen LogP contribution in [0.5, 0.6) is 0 Å². The molecule has 0 fully saturated rings. The van der Waals surface area contributed by atoms with E-state index in [-0.39, 0.29) is 0 Å². The van der Waals surface area contributed by atoms with Gasteiger partial charge in [-0.3, -0.25) is 9.97 Å². The molecule has 0 atom stereocenters. The first kappa shape index (κ1) is 13.5. The molecule has 0 amide bonds. The Morgan fingerprint density at radius 3 is 2.52 bits per heavy atom. The second-order valence-corrected chi connectivity index (χ2v) is 5.31. The largest absolute Gasteiger partial charge is 0.323 e. The Balaban J connectivity index is 1.71. The molecule has 0 aliphatic carbocycles. The molecule has 4 rings (SSSR count). The summed E-state index contributed by atoms with van der Waals surface area (Å²) in [6, 6.07) is 20.5. The molecular weight excluding hydrogens is 282 g/mol. The van der Waals surface area contributed by atoms with E-state index >= 15 is 0 Å². The molecule has 0 spiro atoms. The zero-order valence-corrected chi connectivity index (χ0v) is 12.5. The Morgan fingerprint density at radius 1 is 0.739 bits per heavy atom. The lowest BCUT2D eigenvalue weighted by Crippen LogP contribution is -1.90. The molecule has 0 aliphatic rings. The smallest absolute Gasteiger partial charge is 0.0717 e. The Kier molecular flexibility index (Phi) is 3.45. The van der Waals surface area contributed by atoms with Crippen molar-refractivity contribution >= 4 is 0 Å². The van der Waals surface area contributed by atoms with Crippen LogP contribution in [-0.4, -0.2) is 14.5 Å². The molecule has 0 radical (unpaired) electrons. The lowest BCUT2D eigenvalue weighted by atomic mass is 10.1. The lowest BCUT2D eigenvalue weighted by Gasteiger charge is -2.06. The summed E-state index contributed by atoms with van der Waals surface area (Å²) in [5.41, 5.74) is 5.48. The van der Waals surface area contributed by atoms with Gasteiger partial charge in [0.1, 0.15) is 0 Å². The molecule has 0 bridgehead atoms. The molecule has 0 aliphatic heterocycles. The summed E-state index contributed by atoms with van der Waals surface area (Å²) in [5, 5.41) is 0. The summed E-state index contributed by atoms with van der Waals surface area (Å²) in [6.45, 7) is 0. The van der Waals surface area contributed by atoms with Crippen molar-refractivity contribution in [2.75, 3.05) is 0 Å². The van der Waals surface area contributed by atoms with E-state index in [1.165, 1.54) is 0 Å². The molecule has 110 valence electrons. The van der Waals surface area contributed by atoms with Crippen molar-refractivity contribution in [2.45, 2.75) is 0 Å². The second kappa shape index (κ2) is 5.89. The van der Waals surface area contributed by atoms with Crippen LogP contribution in [0.25, 0.3) is 28.1 Å². The number of pyridine rings is 2. The van der Waals surface area contributed by atoms with E-state index in [0.29, 0.717) is 0 Å². The van der Waals surface area contributed by atoms with Crippen molar-refractivity contribution < 1.29 is 0 Å². The Hall–Kier alpha value is -3.20. The Bertz CT molecular complexity index is 912. The van der Waals surface area contributed by atoms with E-state index in [2.05, 4.69) is 63.3 Å². The maximum absolute atomic E-state index is 4.40. The predicted molar refractivity (Wildman–Crippen MR) is 92.2 cm³/mol. The van der Waals surface area contributed by atoms with E-state index in [0.717, 1.165) is 28.1 Å². The van der Waals surface area contributed by atoms with Gasteiger partial charge in [0.25, 0.3) is 0 Å². The summed E-state index contributed by atoms with van der Waals surface area (Å²) < 4.78 is 2.11. The van der Waals surface area contributed by atoms with Gasteiger partial charge in [0.05, 0.1) is 5.69 Å². The van der Waals surface area contributed by atoms with Crippen LogP contribution in [0.1, 0.15) is 0 Å². The third-order valence-corrected chi connectivity index (χ3v) is 3.79. The van der Waals surface area contributed by atoms with Crippen molar-refractivity contribution in [2.24, 2.45) is 0 Å². The first-order valence-electron chi connectivity index (χ1n) is 7.50. The number of nitrogens with zero attached hydrogens (tertiary/aromatic N) is 3. The van der Waals surface area contributed by atoms with E-state index in [9.17, 15) is 0 Å². The highest BCUT2D eigenvalue weighted by atomic mass is 14.9. The minimum absolute atomic E-state index is 0.981. The van der Waals surface area contributed by atoms with Crippen LogP contribution in [0.3, 0.4) is 0 Å². The average molecular weight is 297 g/mol. The highest BCUT2D eigenvalue weighted by Crippen LogP contribution is 2.23. The number of hydrogen-bond acceptors (Lipinski definition) is 2. The minimum Gasteiger partial charge on any atom is -0.323 e. The summed E-state index contributed by atoms with van der Waals surface area (Å²) in [4.78, 5) is 8.59. The van der Waals surface area contributed by atoms with Gasteiger partial charge in [-0.25, -0.2) is 0 Å². The Morgan fingerprint density at radius 2 is 1.70 bits per heavy atom. The van der Waals surface area contributed by atoms with Crippen molar-refractivity contribution in [3.05, 3.63) is 91.6 Å². The average Bonchev–Trinajstić information content (AvgIpc) is 3.14. The van der Waals surface area contributed by atoms with Crippen molar-refractivity contribution in [1.29, 1.82) is 0 Å². The lowest BCUT2D eigenvalue weighted by molar-refractivity contribution is 1.08. The van der Waals surface area contributed by atoms with Gasteiger partial charge in [-0.15, -0.1) is 0 Å². The topological polar surface area (TPSA) is 30.7 Å². The molecule has 0 saturated heterocycles. The molecule has 0 saturated carbocycles. The number of hydrogen-bond donors (Lipinski definition) is 0. The van der Waals surface area contributed by atoms with Crippen LogP contribution in [0.15, 0.2) is 91.6 Å². The van der Waals surface area contributed by atoms with Gasteiger partial charge in [-0.1, -0.05) is 24.3 Å². The molecule has 3 heteroatoms. The SMILES string of the molecule is c1ccc(-c2ccn(-c3cccc(-c4cccnc4)c3)c2)nc1. The van der Waals surface area contributed by atoms with Crippen molar-refractivity contribution in [3.8, 4) is 28.1 Å². The van der Waals surface area contributed by atoms with Gasteiger partial charge < -0.3 is 4.57 Å². The monoisotopic (exact) mass is 297 g/mol. The van der Waals surface area contributed by atoms with Crippen LogP contribution in [0.2, 0.25) is 0 Å². The normalized spacial score (nSPS) is 10.6. The van der Waals surface area contributed by atoms with E-state index in [1.54, 1.807) is 6.20 Å². The van der Waals surface area contributed by atoms with E-state index in [1.807, 2.05) is 36.7 Å². The van der Waals surface area contributed by atoms with Crippen molar-refractivity contribution in [3.63, 3.8) is 0 Å². The first-order valence-corrected chi connectivity index (χ1v) is 7.50. The highest BCUT2D eigenvalue weighted by Gasteiger charge is 2.04. The number of rotatable bonds is 3. The van der Waals surface area contributed by atoms with Crippen molar-refractivity contribution in [1.82, 2.24) is 14.5 Å². The van der Waals surface area contributed by atoms with Gasteiger partial charge in [0.2, 0.25) is 0 Å². The fraction of sp³-hybridized carbons (Fsp3) is 0. The molecule has 23 heavy (non-hydrogen) atoms. The Labute approximate surface area is 134 Å². The van der Waals surface area contributed by atoms with Gasteiger partial charge in [-0.2, -0.15) is 0 Å². The zero-order chi connectivity index (χ0) is 15.5. The predicted octanol–water partition coefficient (Wildman–Crippen LogP) is 4.60. The summed E-state index contributed by atoms with van der Waals surface area (Å²) in [7, 11) is 0. The third kappa shape index (κ3) is 2.77. The van der Waals surface area contributed by atoms with E-state index in [4.69, 9.17) is 0 Å². The molecule has 4 aromatic rings. The van der Waals surface area contributed by atoms with Gasteiger partial charge in [0, 0.05) is 47.8 Å². The standard InChI is InChI=1S/C20H15N3/c1-2-11-22-20(8-1)18-9-12-23(15-18)19-7-3-5-16(13-19)17-6-4-10-21-14-17/h1-15H. The number of aromatic nitrogens is 3. The molecule has 3 heterocycles. The van der Waals surface area contributed by atoms with Crippen LogP contribution < -0.4 is 0 Å². The zero-order valence-electron chi connectivity index (χ0n) is 12.5. The molecule has 1 aromatic carbocycles. The maximum Gasteiger partial charge on any atom is 0.0717 e. The molecular formula is C20H15N3. The molecule has 3 nitrogen and oxygen atoms in total. The van der Waals surface area contributed by atoms with E-state index < -0.39 is 0 Å². The van der Waals surface area contributed by atoms with Crippen LogP contribution in [0.4, 0.5) is 0 Å². The van der Waals surface area contributed by atoms with Crippen LogP contribution >= 0.6 is 0 Å². The molecule has 0 unspecified atom stereocenters. The minimum atomic E-state index is 0.981.